The van der Waals surface area contributed by atoms with Crippen molar-refractivity contribution in [1.29, 1.82) is 5.26 Å². The topological polar surface area (TPSA) is 128 Å². The maximum Gasteiger partial charge on any atom is 0.220 e. The number of nitriles is 1. The summed E-state index contributed by atoms with van der Waals surface area (Å²) < 4.78 is 16.1. The molecule has 3 N–H and O–H groups in total. The van der Waals surface area contributed by atoms with E-state index in [4.69, 9.17) is 25.2 Å². The first kappa shape index (κ1) is 23.8. The van der Waals surface area contributed by atoms with Crippen molar-refractivity contribution in [3.05, 3.63) is 78.8 Å². The van der Waals surface area contributed by atoms with Crippen molar-refractivity contribution in [2.24, 2.45) is 0 Å². The predicted molar refractivity (Wildman–Crippen MR) is 130 cm³/mol. The fourth-order valence-corrected chi connectivity index (χ4v) is 2.90. The molecule has 2 aromatic carbocycles. The van der Waals surface area contributed by atoms with Crippen LogP contribution < -0.4 is 25.3 Å². The molecule has 0 aliphatic rings. The lowest BCUT2D eigenvalue weighted by molar-refractivity contribution is 0.404. The highest BCUT2D eigenvalue weighted by Gasteiger charge is 2.09. The second kappa shape index (κ2) is 11.7. The maximum atomic E-state index is 8.72. The molecule has 172 valence electrons. The molecule has 0 aliphatic heterocycles. The molecule has 2 heterocycles. The number of benzene rings is 2. The van der Waals surface area contributed by atoms with Gasteiger partial charge in [0.25, 0.3) is 0 Å². The monoisotopic (exact) mass is 456 g/mol. The fourth-order valence-electron chi connectivity index (χ4n) is 2.90. The Morgan fingerprint density at radius 1 is 0.853 bits per heavy atom. The summed E-state index contributed by atoms with van der Waals surface area (Å²) in [6.07, 6.45) is 3.16. The highest BCUT2D eigenvalue weighted by molar-refractivity contribution is 5.69. The van der Waals surface area contributed by atoms with Crippen molar-refractivity contribution in [2.45, 2.75) is 0 Å². The van der Waals surface area contributed by atoms with Crippen molar-refractivity contribution >= 4 is 11.6 Å². The van der Waals surface area contributed by atoms with Gasteiger partial charge in [-0.3, -0.25) is 0 Å². The fraction of sp³-hybridized carbons (Fsp3) is 0.120. The van der Waals surface area contributed by atoms with Gasteiger partial charge < -0.3 is 25.3 Å². The van der Waals surface area contributed by atoms with Gasteiger partial charge in [0.05, 0.1) is 19.9 Å². The lowest BCUT2D eigenvalue weighted by atomic mass is 10.1. The number of nitrogen functional groups attached to an aromatic ring is 1. The summed E-state index contributed by atoms with van der Waals surface area (Å²) >= 11 is 0. The number of hydrogen-bond donors (Lipinski definition) is 2. The van der Waals surface area contributed by atoms with Crippen LogP contribution in [0.2, 0.25) is 0 Å². The van der Waals surface area contributed by atoms with Gasteiger partial charge in [0.15, 0.2) is 0 Å². The molecule has 0 amide bonds. The van der Waals surface area contributed by atoms with Crippen LogP contribution in [0.5, 0.6) is 23.0 Å². The van der Waals surface area contributed by atoms with E-state index in [2.05, 4.69) is 20.3 Å². The zero-order valence-corrected chi connectivity index (χ0v) is 19.0. The second-order valence-electron chi connectivity index (χ2n) is 6.73. The van der Waals surface area contributed by atoms with E-state index in [0.717, 1.165) is 22.7 Å². The number of ether oxygens (including phenoxy) is 3. The number of anilines is 2. The van der Waals surface area contributed by atoms with Gasteiger partial charge in [0.2, 0.25) is 5.95 Å². The van der Waals surface area contributed by atoms with E-state index in [-0.39, 0.29) is 5.95 Å². The van der Waals surface area contributed by atoms with Crippen LogP contribution in [0.1, 0.15) is 5.69 Å². The minimum Gasteiger partial charge on any atom is -0.497 e. The third kappa shape index (κ3) is 6.34. The van der Waals surface area contributed by atoms with Crippen molar-refractivity contribution in [3.8, 4) is 40.3 Å². The Bertz CT molecular complexity index is 1270. The lowest BCUT2D eigenvalue weighted by Crippen LogP contribution is -1.97. The molecule has 9 heteroatoms. The molecule has 4 rings (SSSR count). The van der Waals surface area contributed by atoms with E-state index in [0.29, 0.717) is 22.9 Å². The van der Waals surface area contributed by atoms with E-state index in [9.17, 15) is 0 Å². The molecule has 0 bridgehead atoms. The summed E-state index contributed by atoms with van der Waals surface area (Å²) in [5.41, 5.74) is 8.45. The van der Waals surface area contributed by atoms with E-state index in [1.165, 1.54) is 0 Å². The maximum absolute atomic E-state index is 8.72. The summed E-state index contributed by atoms with van der Waals surface area (Å²) in [6.45, 7) is 0. The van der Waals surface area contributed by atoms with E-state index in [1.54, 1.807) is 44.8 Å². The van der Waals surface area contributed by atoms with Crippen molar-refractivity contribution in [3.63, 3.8) is 0 Å². The van der Waals surface area contributed by atoms with E-state index in [1.807, 2.05) is 55.6 Å². The van der Waals surface area contributed by atoms with Crippen molar-refractivity contribution < 1.29 is 14.2 Å². The van der Waals surface area contributed by atoms with Gasteiger partial charge in [-0.05, 0) is 54.6 Å². The molecule has 0 spiro atoms. The van der Waals surface area contributed by atoms with Crippen molar-refractivity contribution in [1.82, 2.24) is 15.0 Å². The number of nitrogens with one attached hydrogen (secondary N) is 1. The van der Waals surface area contributed by atoms with Gasteiger partial charge in [0, 0.05) is 36.8 Å². The van der Waals surface area contributed by atoms with Crippen LogP contribution in [0.15, 0.2) is 73.1 Å². The summed E-state index contributed by atoms with van der Waals surface area (Å²) in [6, 6.07) is 20.1. The van der Waals surface area contributed by atoms with Crippen LogP contribution in [0.3, 0.4) is 0 Å². The normalized spacial score (nSPS) is 9.71. The molecular formula is C25H24N6O3. The van der Waals surface area contributed by atoms with Gasteiger partial charge in [-0.25, -0.2) is 15.0 Å². The molecule has 0 saturated carbocycles. The predicted octanol–water partition coefficient (Wildman–Crippen LogP) is 4.53. The molecule has 9 nitrogen and oxygen atoms in total. The molecule has 0 unspecified atom stereocenters. The number of aromatic nitrogens is 3. The minimum atomic E-state index is 0.229. The van der Waals surface area contributed by atoms with Crippen LogP contribution in [-0.4, -0.2) is 36.2 Å². The highest BCUT2D eigenvalue weighted by atomic mass is 16.5. The third-order valence-corrected chi connectivity index (χ3v) is 4.58. The third-order valence-electron chi connectivity index (χ3n) is 4.58. The summed E-state index contributed by atoms with van der Waals surface area (Å²) in [7, 11) is 5.08. The summed E-state index contributed by atoms with van der Waals surface area (Å²) in [5.74, 6) is 3.00. The van der Waals surface area contributed by atoms with Crippen LogP contribution in [-0.2, 0) is 0 Å². The van der Waals surface area contributed by atoms with Crippen LogP contribution in [0, 0.1) is 11.3 Å². The zero-order valence-electron chi connectivity index (χ0n) is 19.0. The van der Waals surface area contributed by atoms with Gasteiger partial charge in [0.1, 0.15) is 34.8 Å². The molecule has 34 heavy (non-hydrogen) atoms. The van der Waals surface area contributed by atoms with Gasteiger partial charge in [-0.2, -0.15) is 5.26 Å². The highest BCUT2D eigenvalue weighted by Crippen LogP contribution is 2.32. The SMILES string of the molecule is CNc1ccc(Oc2ccnc(C#N)c2)cc1.COc1ccc(OC)c(-c2ccnc(N)n2)c1. The Balaban J connectivity index is 0.000000191. The largest absolute Gasteiger partial charge is 0.497 e. The Morgan fingerprint density at radius 3 is 2.24 bits per heavy atom. The molecule has 4 aromatic rings. The first-order valence-corrected chi connectivity index (χ1v) is 10.2. The first-order chi connectivity index (χ1) is 16.6. The number of nitrogens with zero attached hydrogens (tertiary/aromatic N) is 4. The molecule has 2 aromatic heterocycles. The molecule has 0 fully saturated rings. The number of methoxy groups -OCH3 is 2. The number of nitrogens with two attached hydrogens (primary N) is 1. The summed E-state index contributed by atoms with van der Waals surface area (Å²) in [5, 5.41) is 11.7. The Kier molecular flexibility index (Phi) is 8.19. The number of pyridine rings is 1. The van der Waals surface area contributed by atoms with E-state index < -0.39 is 0 Å². The molecular weight excluding hydrogens is 432 g/mol. The second-order valence-corrected chi connectivity index (χ2v) is 6.73. The Hall–Kier alpha value is -4.84. The van der Waals surface area contributed by atoms with Gasteiger partial charge in [-0.15, -0.1) is 0 Å². The zero-order chi connectivity index (χ0) is 24.3. The number of hydrogen-bond acceptors (Lipinski definition) is 9. The van der Waals surface area contributed by atoms with Gasteiger partial charge >= 0.3 is 0 Å². The van der Waals surface area contributed by atoms with Crippen molar-refractivity contribution in [2.75, 3.05) is 32.3 Å². The minimum absolute atomic E-state index is 0.229. The first-order valence-electron chi connectivity index (χ1n) is 10.2. The average Bonchev–Trinajstić information content (AvgIpc) is 2.89. The Labute approximate surface area is 197 Å². The lowest BCUT2D eigenvalue weighted by Gasteiger charge is -2.09. The average molecular weight is 457 g/mol. The smallest absolute Gasteiger partial charge is 0.220 e. The molecule has 0 atom stereocenters. The Morgan fingerprint density at radius 2 is 1.59 bits per heavy atom. The quantitative estimate of drug-likeness (QED) is 0.430. The van der Waals surface area contributed by atoms with Crippen LogP contribution in [0.4, 0.5) is 11.6 Å². The number of rotatable bonds is 6. The standard InChI is InChI=1S/C13H11N3O.C12H13N3O2/c1-15-10-2-4-12(5-3-10)17-13-6-7-16-11(8-13)9-14;1-16-8-3-4-11(17-2)9(7-8)10-5-6-14-12(13)15-10/h2-8,15H,1H3;3-7H,1-2H3,(H2,13,14,15). The summed E-state index contributed by atoms with van der Waals surface area (Å²) in [4.78, 5) is 11.9. The van der Waals surface area contributed by atoms with E-state index >= 15 is 0 Å². The molecule has 0 radical (unpaired) electrons. The molecule has 0 aliphatic carbocycles. The van der Waals surface area contributed by atoms with Crippen LogP contribution in [0.25, 0.3) is 11.3 Å². The molecule has 0 saturated heterocycles. The van der Waals surface area contributed by atoms with Gasteiger partial charge in [-0.1, -0.05) is 0 Å². The van der Waals surface area contributed by atoms with Crippen LogP contribution >= 0.6 is 0 Å².